The Morgan fingerprint density at radius 3 is 2.68 bits per heavy atom. The molecule has 4 atom stereocenters. The number of allylic oxidation sites excluding steroid dienone is 2. The zero-order chi connectivity index (χ0) is 32.5. The number of alkyl halides is 1. The first-order chi connectivity index (χ1) is 22.4. The fraction of sp³-hybridized carbons (Fsp3) is 0.514. The van der Waals surface area contributed by atoms with Crippen LogP contribution in [0.1, 0.15) is 57.1 Å². The van der Waals surface area contributed by atoms with Gasteiger partial charge in [0.1, 0.15) is 29.0 Å². The second-order valence-corrected chi connectivity index (χ2v) is 12.2. The summed E-state index contributed by atoms with van der Waals surface area (Å²) in [6, 6.07) is 4.26. The van der Waals surface area contributed by atoms with Crippen LogP contribution < -0.4 is 15.4 Å². The molecule has 12 heteroatoms. The van der Waals surface area contributed by atoms with Gasteiger partial charge in [-0.1, -0.05) is 19.8 Å². The minimum absolute atomic E-state index is 0. The monoisotopic (exact) mass is 654 g/mol. The zero-order valence-corrected chi connectivity index (χ0v) is 27.1. The van der Waals surface area contributed by atoms with Gasteiger partial charge in [0.2, 0.25) is 0 Å². The number of methoxy groups -OCH3 is 1. The van der Waals surface area contributed by atoms with Crippen LogP contribution in [0.3, 0.4) is 0 Å². The fourth-order valence-corrected chi connectivity index (χ4v) is 7.23. The van der Waals surface area contributed by atoms with E-state index in [0.717, 1.165) is 24.9 Å². The van der Waals surface area contributed by atoms with Crippen molar-refractivity contribution >= 4 is 28.0 Å². The van der Waals surface area contributed by atoms with Crippen LogP contribution in [0.4, 0.5) is 29.4 Å². The number of rotatable bonds is 3. The lowest BCUT2D eigenvalue weighted by Crippen LogP contribution is -2.30. The molecule has 2 aliphatic carbocycles. The molecule has 5 heterocycles. The fourth-order valence-electron chi connectivity index (χ4n) is 7.23. The molecule has 47 heavy (non-hydrogen) atoms. The van der Waals surface area contributed by atoms with Gasteiger partial charge in [-0.15, -0.1) is 6.42 Å². The van der Waals surface area contributed by atoms with Crippen LogP contribution in [0, 0.1) is 24.1 Å². The van der Waals surface area contributed by atoms with Gasteiger partial charge in [0.05, 0.1) is 31.3 Å². The summed E-state index contributed by atoms with van der Waals surface area (Å²) in [5.41, 5.74) is 8.27. The Balaban J connectivity index is 0.000000308. The Labute approximate surface area is 272 Å². The van der Waals surface area contributed by atoms with Gasteiger partial charge in [-0.05, 0) is 56.3 Å². The lowest BCUT2D eigenvalue weighted by Gasteiger charge is -2.24. The Morgan fingerprint density at radius 1 is 1.13 bits per heavy atom. The van der Waals surface area contributed by atoms with E-state index in [2.05, 4.69) is 30.7 Å². The van der Waals surface area contributed by atoms with Crippen molar-refractivity contribution in [3.63, 3.8) is 0 Å². The highest BCUT2D eigenvalue weighted by Gasteiger charge is 2.45. The lowest BCUT2D eigenvalue weighted by atomic mass is 9.85. The van der Waals surface area contributed by atoms with Crippen molar-refractivity contribution in [1.29, 1.82) is 0 Å². The van der Waals surface area contributed by atoms with E-state index in [9.17, 15) is 8.78 Å². The predicted molar refractivity (Wildman–Crippen MR) is 177 cm³/mol. The number of hydrogen-bond donors (Lipinski definition) is 1. The van der Waals surface area contributed by atoms with Crippen molar-refractivity contribution in [2.45, 2.75) is 70.6 Å². The highest BCUT2D eigenvalue weighted by atomic mass is 19.1. The topological polar surface area (TPSA) is 89.6 Å². The maximum atomic E-state index is 16.2. The van der Waals surface area contributed by atoms with Gasteiger partial charge in [-0.25, -0.2) is 13.2 Å². The van der Waals surface area contributed by atoms with Crippen LogP contribution >= 0.6 is 0 Å². The first-order valence-corrected chi connectivity index (χ1v) is 16.3. The molecular formula is C35H42F4N6O2. The number of nitrogens with zero attached hydrogens (tertiary/aromatic N) is 5. The minimum Gasteiger partial charge on any atom is -0.467 e. The number of ether oxygens (including phenoxy) is 2. The Bertz CT molecular complexity index is 1680. The summed E-state index contributed by atoms with van der Waals surface area (Å²) < 4.78 is 54.4. The standard InChI is InChI=1S/C26H23F2N5O2.C7H12FN.C2H6.FH/c1-3-16-19(27)5-4-13-8-15(29)10-17(21(13)16)23-22(28)24-18(11-30-23)25(32-26(31-24)34-2)33-6-7-35-12-14-9-20(14)33;8-6-4-7-2-1-3-9(7)5-6;1-2;/h1,8,10-11,14,20H,4-7,9,12,29H2,2H3;6-7H,1-5H2;1-2H3;1H. The van der Waals surface area contributed by atoms with E-state index >= 15 is 4.39 Å². The van der Waals surface area contributed by atoms with Gasteiger partial charge in [0.25, 0.3) is 0 Å². The van der Waals surface area contributed by atoms with Gasteiger partial charge >= 0.3 is 6.01 Å². The summed E-state index contributed by atoms with van der Waals surface area (Å²) >= 11 is 0. The molecule has 3 aliphatic heterocycles. The highest BCUT2D eigenvalue weighted by molar-refractivity contribution is 5.96. The number of fused-ring (bicyclic) bond motifs is 4. The van der Waals surface area contributed by atoms with Crippen molar-refractivity contribution < 1.29 is 27.3 Å². The van der Waals surface area contributed by atoms with Crippen molar-refractivity contribution in [2.75, 3.05) is 50.6 Å². The van der Waals surface area contributed by atoms with Crippen LogP contribution in [-0.2, 0) is 11.2 Å². The average molecular weight is 655 g/mol. The summed E-state index contributed by atoms with van der Waals surface area (Å²) in [6.45, 7) is 7.74. The molecule has 2 N–H and O–H groups in total. The van der Waals surface area contributed by atoms with Crippen LogP contribution in [-0.4, -0.2) is 78.1 Å². The smallest absolute Gasteiger partial charge is 0.318 e. The zero-order valence-electron chi connectivity index (χ0n) is 27.1. The number of benzene rings is 1. The third-order valence-electron chi connectivity index (χ3n) is 9.43. The maximum absolute atomic E-state index is 16.2. The summed E-state index contributed by atoms with van der Waals surface area (Å²) in [5, 5.41) is 0.469. The second-order valence-electron chi connectivity index (χ2n) is 12.2. The summed E-state index contributed by atoms with van der Waals surface area (Å²) in [6.07, 6.45) is 11.6. The normalized spacial score (nSPS) is 24.3. The van der Waals surface area contributed by atoms with Crippen molar-refractivity contribution in [2.24, 2.45) is 5.92 Å². The number of halogens is 4. The van der Waals surface area contributed by atoms with E-state index in [4.69, 9.17) is 21.6 Å². The van der Waals surface area contributed by atoms with E-state index in [1.165, 1.54) is 20.0 Å². The first-order valence-electron chi connectivity index (χ1n) is 16.3. The van der Waals surface area contributed by atoms with Crippen LogP contribution in [0.5, 0.6) is 6.01 Å². The largest absolute Gasteiger partial charge is 0.467 e. The maximum Gasteiger partial charge on any atom is 0.318 e. The summed E-state index contributed by atoms with van der Waals surface area (Å²) in [4.78, 5) is 17.8. The van der Waals surface area contributed by atoms with Crippen molar-refractivity contribution in [3.8, 4) is 29.6 Å². The SMILES string of the molecule is C#CC1=C(F)CCc2cc(N)cc(-c3ncc4c(N5CCOCC6CC65)nc(OC)nc4c3F)c21.CC.F.FC1CC2CCCN2C1. The number of hydrogen-bond acceptors (Lipinski definition) is 8. The van der Waals surface area contributed by atoms with E-state index in [0.29, 0.717) is 72.7 Å². The van der Waals surface area contributed by atoms with E-state index < -0.39 is 17.8 Å². The number of aryl methyl sites for hydroxylation is 1. The van der Waals surface area contributed by atoms with E-state index in [-0.39, 0.29) is 40.0 Å². The molecule has 4 fully saturated rings. The molecule has 4 unspecified atom stereocenters. The predicted octanol–water partition coefficient (Wildman–Crippen LogP) is 6.28. The quantitative estimate of drug-likeness (QED) is 0.201. The van der Waals surface area contributed by atoms with E-state index in [1.54, 1.807) is 18.3 Å². The molecule has 3 aromatic rings. The summed E-state index contributed by atoms with van der Waals surface area (Å²) in [7, 11) is 1.44. The van der Waals surface area contributed by atoms with Gasteiger partial charge < -0.3 is 20.1 Å². The van der Waals surface area contributed by atoms with Crippen molar-refractivity contribution in [3.05, 3.63) is 41.1 Å². The molecule has 8 rings (SSSR count). The molecule has 1 aromatic carbocycles. The molecule has 0 spiro atoms. The molecule has 2 aromatic heterocycles. The molecule has 0 radical (unpaired) electrons. The molecule has 5 aliphatic rings. The Morgan fingerprint density at radius 2 is 1.94 bits per heavy atom. The molecule has 3 saturated heterocycles. The number of nitrogens with two attached hydrogens (primary N) is 1. The molecule has 0 bridgehead atoms. The molecule has 8 nitrogen and oxygen atoms in total. The number of aromatic nitrogens is 3. The molecular weight excluding hydrogens is 612 g/mol. The Kier molecular flexibility index (Phi) is 10.6. The number of anilines is 2. The lowest BCUT2D eigenvalue weighted by molar-refractivity contribution is 0.139. The molecule has 0 amide bonds. The van der Waals surface area contributed by atoms with Crippen LogP contribution in [0.15, 0.2) is 24.2 Å². The van der Waals surface area contributed by atoms with Crippen molar-refractivity contribution in [1.82, 2.24) is 19.9 Å². The van der Waals surface area contributed by atoms with Crippen LogP contribution in [0.2, 0.25) is 0 Å². The van der Waals surface area contributed by atoms with E-state index in [1.807, 2.05) is 13.8 Å². The van der Waals surface area contributed by atoms with Gasteiger partial charge in [-0.2, -0.15) is 9.97 Å². The molecule has 1 saturated carbocycles. The van der Waals surface area contributed by atoms with Crippen LogP contribution in [0.25, 0.3) is 27.7 Å². The number of pyridine rings is 1. The Hall–Kier alpha value is -3.95. The van der Waals surface area contributed by atoms with Gasteiger partial charge in [0, 0.05) is 60.5 Å². The molecule has 252 valence electrons. The summed E-state index contributed by atoms with van der Waals surface area (Å²) in [5.74, 6) is 2.35. The third-order valence-corrected chi connectivity index (χ3v) is 9.43. The minimum atomic E-state index is -0.668. The first kappa shape index (κ1) is 34.4. The average Bonchev–Trinajstić information content (AvgIpc) is 3.62. The second kappa shape index (κ2) is 14.4. The van der Waals surface area contributed by atoms with Gasteiger partial charge in [0.15, 0.2) is 5.82 Å². The highest BCUT2D eigenvalue weighted by Crippen LogP contribution is 2.44. The third kappa shape index (κ3) is 6.61. The number of terminal acetylenes is 1. The number of nitrogen functional groups attached to an aromatic ring is 1. The van der Waals surface area contributed by atoms with Gasteiger partial charge in [-0.3, -0.25) is 14.6 Å².